The van der Waals surface area contributed by atoms with E-state index in [2.05, 4.69) is 5.32 Å². The molecule has 172 valence electrons. The summed E-state index contributed by atoms with van der Waals surface area (Å²) in [5.41, 5.74) is 3.07. The van der Waals surface area contributed by atoms with Gasteiger partial charge in [0.2, 0.25) is 11.8 Å². The van der Waals surface area contributed by atoms with E-state index in [0.717, 1.165) is 48.1 Å². The van der Waals surface area contributed by atoms with Crippen molar-refractivity contribution >= 4 is 11.8 Å². The van der Waals surface area contributed by atoms with E-state index in [1.54, 1.807) is 12.0 Å². The highest BCUT2D eigenvalue weighted by Crippen LogP contribution is 2.21. The number of ether oxygens (including phenoxy) is 1. The molecule has 0 bridgehead atoms. The summed E-state index contributed by atoms with van der Waals surface area (Å²) in [5.74, 6) is 0.709. The third-order valence-corrected chi connectivity index (χ3v) is 6.45. The van der Waals surface area contributed by atoms with Gasteiger partial charge < -0.3 is 15.0 Å². The largest absolute Gasteiger partial charge is 0.497 e. The molecule has 5 nitrogen and oxygen atoms in total. The highest BCUT2D eigenvalue weighted by molar-refractivity contribution is 5.88. The minimum absolute atomic E-state index is 0.0271. The Morgan fingerprint density at radius 3 is 2.38 bits per heavy atom. The predicted molar refractivity (Wildman–Crippen MR) is 128 cm³/mol. The molecule has 1 N–H and O–H groups in total. The fourth-order valence-electron chi connectivity index (χ4n) is 4.46. The predicted octanol–water partition coefficient (Wildman–Crippen LogP) is 4.80. The average molecular weight is 437 g/mol. The molecule has 0 radical (unpaired) electrons. The lowest BCUT2D eigenvalue weighted by Crippen LogP contribution is -2.52. The normalized spacial score (nSPS) is 15.1. The van der Waals surface area contributed by atoms with E-state index in [1.807, 2.05) is 62.4 Å². The van der Waals surface area contributed by atoms with Gasteiger partial charge in [-0.3, -0.25) is 9.59 Å². The van der Waals surface area contributed by atoms with Gasteiger partial charge in [0.05, 0.1) is 13.5 Å². The Balaban J connectivity index is 1.81. The molecule has 1 aliphatic carbocycles. The highest BCUT2D eigenvalue weighted by Gasteiger charge is 2.30. The van der Waals surface area contributed by atoms with Gasteiger partial charge in [0, 0.05) is 12.6 Å². The second kappa shape index (κ2) is 11.7. The Morgan fingerprint density at radius 2 is 1.75 bits per heavy atom. The summed E-state index contributed by atoms with van der Waals surface area (Å²) < 4.78 is 5.26. The summed E-state index contributed by atoms with van der Waals surface area (Å²) in [4.78, 5) is 28.5. The van der Waals surface area contributed by atoms with Gasteiger partial charge in [0.15, 0.2) is 0 Å². The number of hydrogen-bond acceptors (Lipinski definition) is 3. The SMILES string of the molecule is CCC(C(=O)NC1CCCCC1)N(Cc1ccc(OC)cc1)C(=O)Cc1ccccc1C. The summed E-state index contributed by atoms with van der Waals surface area (Å²) in [7, 11) is 1.63. The topological polar surface area (TPSA) is 58.6 Å². The molecule has 0 spiro atoms. The monoisotopic (exact) mass is 436 g/mol. The maximum absolute atomic E-state index is 13.5. The molecule has 2 aromatic carbocycles. The van der Waals surface area contributed by atoms with Gasteiger partial charge in [-0.05, 0) is 55.0 Å². The van der Waals surface area contributed by atoms with Crippen molar-refractivity contribution in [2.24, 2.45) is 0 Å². The first-order chi connectivity index (χ1) is 15.5. The molecular weight excluding hydrogens is 400 g/mol. The lowest BCUT2D eigenvalue weighted by Gasteiger charge is -2.33. The molecule has 1 saturated carbocycles. The molecule has 5 heteroatoms. The summed E-state index contributed by atoms with van der Waals surface area (Å²) in [6.45, 7) is 4.39. The van der Waals surface area contributed by atoms with Crippen molar-refractivity contribution in [2.45, 2.75) is 77.4 Å². The van der Waals surface area contributed by atoms with Crippen molar-refractivity contribution in [3.63, 3.8) is 0 Å². The smallest absolute Gasteiger partial charge is 0.243 e. The number of nitrogens with one attached hydrogen (secondary N) is 1. The quantitative estimate of drug-likeness (QED) is 0.614. The van der Waals surface area contributed by atoms with Gasteiger partial charge in [-0.15, -0.1) is 0 Å². The first-order valence-corrected chi connectivity index (χ1v) is 11.8. The van der Waals surface area contributed by atoms with E-state index < -0.39 is 6.04 Å². The Morgan fingerprint density at radius 1 is 1.06 bits per heavy atom. The summed E-state index contributed by atoms with van der Waals surface area (Å²) in [6.07, 6.45) is 6.47. The van der Waals surface area contributed by atoms with E-state index in [9.17, 15) is 9.59 Å². The van der Waals surface area contributed by atoms with Crippen molar-refractivity contribution in [1.82, 2.24) is 10.2 Å². The van der Waals surface area contributed by atoms with Crippen LogP contribution in [0.2, 0.25) is 0 Å². The minimum atomic E-state index is -0.490. The van der Waals surface area contributed by atoms with Crippen LogP contribution < -0.4 is 10.1 Å². The molecule has 0 heterocycles. The lowest BCUT2D eigenvalue weighted by molar-refractivity contribution is -0.141. The molecule has 2 aromatic rings. The van der Waals surface area contributed by atoms with Crippen LogP contribution in [0.1, 0.15) is 62.1 Å². The van der Waals surface area contributed by atoms with Crippen molar-refractivity contribution < 1.29 is 14.3 Å². The van der Waals surface area contributed by atoms with Crippen LogP contribution in [0.4, 0.5) is 0 Å². The van der Waals surface area contributed by atoms with Crippen molar-refractivity contribution in [3.8, 4) is 5.75 Å². The summed E-state index contributed by atoms with van der Waals surface area (Å²) in [6, 6.07) is 15.4. The maximum Gasteiger partial charge on any atom is 0.243 e. The number of aryl methyl sites for hydroxylation is 1. The zero-order valence-electron chi connectivity index (χ0n) is 19.6. The zero-order valence-corrected chi connectivity index (χ0v) is 19.6. The van der Waals surface area contributed by atoms with Gasteiger partial charge in [-0.2, -0.15) is 0 Å². The van der Waals surface area contributed by atoms with Crippen molar-refractivity contribution in [1.29, 1.82) is 0 Å². The van der Waals surface area contributed by atoms with Crippen LogP contribution in [-0.4, -0.2) is 35.9 Å². The number of rotatable bonds is 9. The van der Waals surface area contributed by atoms with Crippen LogP contribution in [0.15, 0.2) is 48.5 Å². The molecular formula is C27H36N2O3. The van der Waals surface area contributed by atoms with Crippen LogP contribution in [0, 0.1) is 6.92 Å². The number of methoxy groups -OCH3 is 1. The molecule has 32 heavy (non-hydrogen) atoms. The molecule has 1 atom stereocenters. The van der Waals surface area contributed by atoms with Gasteiger partial charge >= 0.3 is 0 Å². The Hall–Kier alpha value is -2.82. The van der Waals surface area contributed by atoms with E-state index in [4.69, 9.17) is 4.74 Å². The summed E-state index contributed by atoms with van der Waals surface area (Å²) in [5, 5.41) is 3.23. The third-order valence-electron chi connectivity index (χ3n) is 6.45. The molecule has 2 amide bonds. The number of carbonyl (C=O) groups is 2. The fraction of sp³-hybridized carbons (Fsp3) is 0.481. The fourth-order valence-corrected chi connectivity index (χ4v) is 4.46. The molecule has 3 rings (SSSR count). The van der Waals surface area contributed by atoms with Gasteiger partial charge in [0.1, 0.15) is 11.8 Å². The van der Waals surface area contributed by atoms with Crippen LogP contribution in [0.5, 0.6) is 5.75 Å². The number of amides is 2. The van der Waals surface area contributed by atoms with Crippen LogP contribution >= 0.6 is 0 Å². The molecule has 1 unspecified atom stereocenters. The maximum atomic E-state index is 13.5. The van der Waals surface area contributed by atoms with Crippen molar-refractivity contribution in [3.05, 3.63) is 65.2 Å². The number of carbonyl (C=O) groups excluding carboxylic acids is 2. The Bertz CT molecular complexity index is 888. The molecule has 1 aliphatic rings. The third kappa shape index (κ3) is 6.35. The van der Waals surface area contributed by atoms with E-state index in [0.29, 0.717) is 13.0 Å². The first-order valence-electron chi connectivity index (χ1n) is 11.8. The van der Waals surface area contributed by atoms with Gasteiger partial charge in [-0.25, -0.2) is 0 Å². The van der Waals surface area contributed by atoms with E-state index in [-0.39, 0.29) is 24.3 Å². The number of hydrogen-bond donors (Lipinski definition) is 1. The van der Waals surface area contributed by atoms with Crippen LogP contribution in [0.25, 0.3) is 0 Å². The molecule has 0 aromatic heterocycles. The number of benzene rings is 2. The average Bonchev–Trinajstić information content (AvgIpc) is 2.81. The first kappa shape index (κ1) is 23.8. The van der Waals surface area contributed by atoms with E-state index in [1.165, 1.54) is 6.42 Å². The zero-order chi connectivity index (χ0) is 22.9. The van der Waals surface area contributed by atoms with Crippen LogP contribution in [0.3, 0.4) is 0 Å². The number of nitrogens with zero attached hydrogens (tertiary/aromatic N) is 1. The van der Waals surface area contributed by atoms with Crippen LogP contribution in [-0.2, 0) is 22.6 Å². The standard InChI is InChI=1S/C27H36N2O3/c1-4-25(27(31)28-23-12-6-5-7-13-23)29(19-21-14-16-24(32-3)17-15-21)26(30)18-22-11-9-8-10-20(22)2/h8-11,14-17,23,25H,4-7,12-13,18-19H2,1-3H3,(H,28,31). The Labute approximate surface area is 192 Å². The van der Waals surface area contributed by atoms with Gasteiger partial charge in [0.25, 0.3) is 0 Å². The second-order valence-electron chi connectivity index (χ2n) is 8.74. The molecule has 0 saturated heterocycles. The molecule has 1 fully saturated rings. The second-order valence-corrected chi connectivity index (χ2v) is 8.74. The highest BCUT2D eigenvalue weighted by atomic mass is 16.5. The Kier molecular flexibility index (Phi) is 8.72. The summed E-state index contributed by atoms with van der Waals surface area (Å²) >= 11 is 0. The van der Waals surface area contributed by atoms with Gasteiger partial charge in [-0.1, -0.05) is 62.6 Å². The molecule has 0 aliphatic heterocycles. The lowest BCUT2D eigenvalue weighted by atomic mass is 9.95. The van der Waals surface area contributed by atoms with Crippen molar-refractivity contribution in [2.75, 3.05) is 7.11 Å². The van der Waals surface area contributed by atoms with E-state index >= 15 is 0 Å². The minimum Gasteiger partial charge on any atom is -0.497 e.